The molecule has 0 saturated carbocycles. The van der Waals surface area contributed by atoms with E-state index in [0.29, 0.717) is 42.1 Å². The summed E-state index contributed by atoms with van der Waals surface area (Å²) in [4.78, 5) is 29.0. The van der Waals surface area contributed by atoms with Crippen molar-refractivity contribution in [3.63, 3.8) is 0 Å². The Morgan fingerprint density at radius 2 is 1.97 bits per heavy atom. The highest BCUT2D eigenvalue weighted by atomic mass is 35.5. The van der Waals surface area contributed by atoms with E-state index in [1.807, 2.05) is 6.92 Å². The molecule has 0 aliphatic carbocycles. The van der Waals surface area contributed by atoms with Gasteiger partial charge in [0, 0.05) is 18.3 Å². The SMILES string of the molecule is CCn1nccc1C(=O)N[C@@H](CCCC(Cl)Cl)C(=O)Nc1ccc(-c2c(C)noc2C)c(F)n1. The van der Waals surface area contributed by atoms with Gasteiger partial charge in [0.25, 0.3) is 5.91 Å². The van der Waals surface area contributed by atoms with E-state index in [4.69, 9.17) is 27.7 Å². The minimum Gasteiger partial charge on any atom is -0.361 e. The van der Waals surface area contributed by atoms with Gasteiger partial charge < -0.3 is 15.2 Å². The fraction of sp³-hybridized carbons (Fsp3) is 0.409. The first kappa shape index (κ1) is 25.6. The van der Waals surface area contributed by atoms with Crippen molar-refractivity contribution in [3.05, 3.63) is 47.5 Å². The molecule has 3 aromatic rings. The molecular weight excluding hydrogens is 486 g/mol. The lowest BCUT2D eigenvalue weighted by Crippen LogP contribution is -2.44. The van der Waals surface area contributed by atoms with Gasteiger partial charge in [-0.2, -0.15) is 9.49 Å². The maximum Gasteiger partial charge on any atom is 0.270 e. The lowest BCUT2D eigenvalue weighted by atomic mass is 10.1. The number of rotatable bonds is 10. The quantitative estimate of drug-likeness (QED) is 0.308. The second-order valence-corrected chi connectivity index (χ2v) is 8.88. The van der Waals surface area contributed by atoms with E-state index in [-0.39, 0.29) is 17.8 Å². The number of carbonyl (C=O) groups is 2. The van der Waals surface area contributed by atoms with Crippen LogP contribution >= 0.6 is 23.2 Å². The Morgan fingerprint density at radius 3 is 2.59 bits per heavy atom. The summed E-state index contributed by atoms with van der Waals surface area (Å²) in [5, 5.41) is 13.2. The minimum absolute atomic E-state index is 0.00317. The molecule has 34 heavy (non-hydrogen) atoms. The van der Waals surface area contributed by atoms with E-state index in [9.17, 15) is 14.0 Å². The van der Waals surface area contributed by atoms with Crippen LogP contribution < -0.4 is 10.6 Å². The van der Waals surface area contributed by atoms with Gasteiger partial charge in [-0.25, -0.2) is 4.98 Å². The molecular formula is C22H25Cl2FN6O3. The van der Waals surface area contributed by atoms with Crippen LogP contribution in [0.1, 0.15) is 48.1 Å². The standard InChI is InChI=1S/C22H25Cl2FN6O3/c1-4-31-16(10-11-26-31)22(33)27-15(6-5-7-17(23)24)21(32)29-18-9-8-14(20(25)28-18)19-12(2)30-34-13(19)3/h8-11,15,17H,4-7H2,1-3H3,(H,27,33)(H,28,29,32)/t15-/m0/s1. The zero-order chi connectivity index (χ0) is 24.8. The lowest BCUT2D eigenvalue weighted by Gasteiger charge is -2.19. The van der Waals surface area contributed by atoms with Crippen molar-refractivity contribution in [2.45, 2.75) is 57.5 Å². The molecule has 2 N–H and O–H groups in total. The Labute approximate surface area is 206 Å². The summed E-state index contributed by atoms with van der Waals surface area (Å²) in [6.07, 6.45) is 2.70. The number of aryl methyl sites for hydroxylation is 3. The molecule has 0 aliphatic rings. The number of hydrogen-bond acceptors (Lipinski definition) is 6. The molecule has 182 valence electrons. The van der Waals surface area contributed by atoms with Crippen molar-refractivity contribution in [3.8, 4) is 11.1 Å². The molecule has 2 amide bonds. The fourth-order valence-corrected chi connectivity index (χ4v) is 3.83. The van der Waals surface area contributed by atoms with Crippen molar-refractivity contribution >= 4 is 40.8 Å². The maximum atomic E-state index is 14.8. The van der Waals surface area contributed by atoms with Gasteiger partial charge >= 0.3 is 0 Å². The third-order valence-corrected chi connectivity index (χ3v) is 5.62. The molecule has 3 rings (SSSR count). The van der Waals surface area contributed by atoms with E-state index in [2.05, 4.69) is 25.9 Å². The topological polar surface area (TPSA) is 115 Å². The molecule has 0 spiro atoms. The number of nitrogens with zero attached hydrogens (tertiary/aromatic N) is 4. The summed E-state index contributed by atoms with van der Waals surface area (Å²) in [6, 6.07) is 3.60. The summed E-state index contributed by atoms with van der Waals surface area (Å²) in [6.45, 7) is 5.72. The number of halogens is 3. The predicted molar refractivity (Wildman–Crippen MR) is 126 cm³/mol. The number of amides is 2. The largest absolute Gasteiger partial charge is 0.361 e. The van der Waals surface area contributed by atoms with Crippen LogP contribution in [0.2, 0.25) is 0 Å². The van der Waals surface area contributed by atoms with Crippen LogP contribution in [0.15, 0.2) is 28.9 Å². The molecule has 3 aromatic heterocycles. The first-order valence-electron chi connectivity index (χ1n) is 10.7. The zero-order valence-electron chi connectivity index (χ0n) is 18.9. The molecule has 0 aliphatic heterocycles. The van der Waals surface area contributed by atoms with Crippen LogP contribution in [0, 0.1) is 19.8 Å². The number of anilines is 1. The molecule has 0 saturated heterocycles. The Hall–Kier alpha value is -2.98. The van der Waals surface area contributed by atoms with Crippen LogP contribution in [0.25, 0.3) is 11.1 Å². The van der Waals surface area contributed by atoms with Gasteiger partial charge in [-0.15, -0.1) is 23.2 Å². The lowest BCUT2D eigenvalue weighted by molar-refractivity contribution is -0.118. The number of aromatic nitrogens is 4. The van der Waals surface area contributed by atoms with Gasteiger partial charge in [0.15, 0.2) is 0 Å². The molecule has 0 bridgehead atoms. The highest BCUT2D eigenvalue weighted by molar-refractivity contribution is 6.44. The van der Waals surface area contributed by atoms with Crippen LogP contribution in [-0.2, 0) is 11.3 Å². The zero-order valence-corrected chi connectivity index (χ0v) is 20.5. The predicted octanol–water partition coefficient (Wildman–Crippen LogP) is 4.42. The number of nitrogens with one attached hydrogen (secondary N) is 2. The van der Waals surface area contributed by atoms with Crippen LogP contribution in [0.3, 0.4) is 0 Å². The van der Waals surface area contributed by atoms with Crippen molar-refractivity contribution in [1.29, 1.82) is 0 Å². The van der Waals surface area contributed by atoms with Gasteiger partial charge in [-0.3, -0.25) is 14.3 Å². The Balaban J connectivity index is 1.76. The number of hydrogen-bond donors (Lipinski definition) is 2. The third-order valence-electron chi connectivity index (χ3n) is 5.19. The first-order chi connectivity index (χ1) is 16.2. The monoisotopic (exact) mass is 510 g/mol. The molecule has 0 fully saturated rings. The first-order valence-corrected chi connectivity index (χ1v) is 11.6. The minimum atomic E-state index is -0.924. The molecule has 0 unspecified atom stereocenters. The summed E-state index contributed by atoms with van der Waals surface area (Å²) >= 11 is 11.6. The van der Waals surface area contributed by atoms with E-state index in [1.165, 1.54) is 23.0 Å². The second-order valence-electron chi connectivity index (χ2n) is 7.60. The van der Waals surface area contributed by atoms with Gasteiger partial charge in [0.2, 0.25) is 11.9 Å². The normalized spacial score (nSPS) is 12.1. The number of carbonyl (C=O) groups excluding carboxylic acids is 2. The molecule has 9 nitrogen and oxygen atoms in total. The van der Waals surface area contributed by atoms with Crippen molar-refractivity contribution in [2.24, 2.45) is 0 Å². The summed E-state index contributed by atoms with van der Waals surface area (Å²) < 4.78 is 21.4. The average molecular weight is 511 g/mol. The molecule has 3 heterocycles. The average Bonchev–Trinajstić information content (AvgIpc) is 3.39. The second kappa shape index (κ2) is 11.4. The maximum absolute atomic E-state index is 14.8. The van der Waals surface area contributed by atoms with Gasteiger partial charge in [-0.1, -0.05) is 5.16 Å². The number of alkyl halides is 2. The van der Waals surface area contributed by atoms with Crippen molar-refractivity contribution in [1.82, 2.24) is 25.2 Å². The van der Waals surface area contributed by atoms with Gasteiger partial charge in [-0.05, 0) is 58.2 Å². The fourth-order valence-electron chi connectivity index (χ4n) is 3.53. The Morgan fingerprint density at radius 1 is 1.21 bits per heavy atom. The highest BCUT2D eigenvalue weighted by Gasteiger charge is 2.24. The Kier molecular flexibility index (Phi) is 8.62. The summed E-state index contributed by atoms with van der Waals surface area (Å²) in [7, 11) is 0. The summed E-state index contributed by atoms with van der Waals surface area (Å²) in [5.41, 5.74) is 1.57. The van der Waals surface area contributed by atoms with E-state index < -0.39 is 28.6 Å². The van der Waals surface area contributed by atoms with Crippen molar-refractivity contribution in [2.75, 3.05) is 5.32 Å². The van der Waals surface area contributed by atoms with Crippen molar-refractivity contribution < 1.29 is 18.5 Å². The van der Waals surface area contributed by atoms with Gasteiger partial charge in [0.05, 0.1) is 11.3 Å². The van der Waals surface area contributed by atoms with Crippen LogP contribution in [0.5, 0.6) is 0 Å². The molecule has 0 radical (unpaired) electrons. The van der Waals surface area contributed by atoms with E-state index in [1.54, 1.807) is 19.9 Å². The highest BCUT2D eigenvalue weighted by Crippen LogP contribution is 2.29. The van der Waals surface area contributed by atoms with E-state index in [0.717, 1.165) is 0 Å². The van der Waals surface area contributed by atoms with Crippen LogP contribution in [-0.4, -0.2) is 42.6 Å². The smallest absolute Gasteiger partial charge is 0.270 e. The summed E-state index contributed by atoms with van der Waals surface area (Å²) in [5.74, 6) is -1.33. The Bertz CT molecular complexity index is 1140. The molecule has 12 heteroatoms. The molecule has 0 aromatic carbocycles. The molecule has 1 atom stereocenters. The van der Waals surface area contributed by atoms with E-state index >= 15 is 0 Å². The third kappa shape index (κ3) is 6.12. The number of pyridine rings is 1. The van der Waals surface area contributed by atoms with Crippen LogP contribution in [0.4, 0.5) is 10.2 Å². The van der Waals surface area contributed by atoms with Gasteiger partial charge in [0.1, 0.15) is 28.2 Å².